The fourth-order valence-corrected chi connectivity index (χ4v) is 5.28. The molecule has 0 radical (unpaired) electrons. The van der Waals surface area contributed by atoms with Gasteiger partial charge in [-0.3, -0.25) is 15.1 Å². The van der Waals surface area contributed by atoms with Gasteiger partial charge in [-0.2, -0.15) is 4.99 Å². The van der Waals surface area contributed by atoms with Crippen LogP contribution in [0.25, 0.3) is 11.8 Å². The summed E-state index contributed by atoms with van der Waals surface area (Å²) in [4.78, 5) is 18.8. The third-order valence-corrected chi connectivity index (χ3v) is 6.90. The molecule has 0 saturated heterocycles. The Hall–Kier alpha value is -3.81. The largest absolute Gasteiger partial charge is 0.490 e. The lowest BCUT2D eigenvalue weighted by Gasteiger charge is -2.27. The topological polar surface area (TPSA) is 75.0 Å². The molecule has 0 atom stereocenters. The highest BCUT2D eigenvalue weighted by molar-refractivity contribution is 8.17. The number of ether oxygens (including phenoxy) is 2. The summed E-state index contributed by atoms with van der Waals surface area (Å²) in [5, 5.41) is 11.6. The van der Waals surface area contributed by atoms with Crippen LogP contribution in [0.15, 0.2) is 82.7 Å². The fraction of sp³-hybridized carbons (Fsp3) is 0.138. The molecule has 2 aliphatic heterocycles. The summed E-state index contributed by atoms with van der Waals surface area (Å²) in [5.74, 6) is 0.488. The second-order valence-electron chi connectivity index (χ2n) is 8.47. The van der Waals surface area contributed by atoms with Crippen LogP contribution in [0.3, 0.4) is 0 Å². The van der Waals surface area contributed by atoms with E-state index < -0.39 is 5.91 Å². The van der Waals surface area contributed by atoms with Crippen LogP contribution in [0.1, 0.15) is 29.2 Å². The maximum atomic E-state index is 12.9. The number of benzene rings is 3. The Morgan fingerprint density at radius 3 is 2.65 bits per heavy atom. The number of hydrogen-bond donors (Lipinski definition) is 1. The van der Waals surface area contributed by atoms with E-state index in [1.165, 1.54) is 11.8 Å². The summed E-state index contributed by atoms with van der Waals surface area (Å²) in [7, 11) is 0. The number of rotatable bonds is 7. The third-order valence-electron chi connectivity index (χ3n) is 5.79. The molecular formula is C29H24ClN3O3S. The van der Waals surface area contributed by atoms with Crippen LogP contribution in [0.2, 0.25) is 5.02 Å². The minimum atomic E-state index is -0.472. The zero-order chi connectivity index (χ0) is 25.9. The maximum Gasteiger partial charge on any atom is 0.283 e. The van der Waals surface area contributed by atoms with Crippen LogP contribution in [-0.2, 0) is 11.4 Å². The first-order valence-electron chi connectivity index (χ1n) is 11.8. The van der Waals surface area contributed by atoms with Gasteiger partial charge in [0.15, 0.2) is 16.7 Å². The molecule has 0 spiro atoms. The molecule has 3 aromatic rings. The summed E-state index contributed by atoms with van der Waals surface area (Å²) in [6, 6.07) is 21.3. The van der Waals surface area contributed by atoms with Gasteiger partial charge in [0.25, 0.3) is 5.91 Å². The van der Waals surface area contributed by atoms with E-state index in [4.69, 9.17) is 26.5 Å². The van der Waals surface area contributed by atoms with Crippen molar-refractivity contribution in [2.45, 2.75) is 20.5 Å². The zero-order valence-corrected chi connectivity index (χ0v) is 21.9. The van der Waals surface area contributed by atoms with Crippen LogP contribution in [-0.4, -0.2) is 28.4 Å². The first-order valence-corrected chi connectivity index (χ1v) is 13.0. The number of thioether (sulfide) groups is 1. The van der Waals surface area contributed by atoms with Crippen molar-refractivity contribution in [3.05, 3.63) is 105 Å². The number of nitrogens with one attached hydrogen (secondary N) is 1. The van der Waals surface area contributed by atoms with Crippen molar-refractivity contribution in [2.75, 3.05) is 6.61 Å². The van der Waals surface area contributed by atoms with E-state index in [9.17, 15) is 4.79 Å². The molecular weight excluding hydrogens is 506 g/mol. The SMILES string of the molecule is CCOc1cc(/C=C2/C(=N)N3C(c4ccccc4)=CSC3=NC2=O)cc(Cl)c1OCc1cccc(C)c1. The molecule has 0 aromatic heterocycles. The average molecular weight is 530 g/mol. The van der Waals surface area contributed by atoms with E-state index >= 15 is 0 Å². The van der Waals surface area contributed by atoms with Crippen molar-refractivity contribution in [3.8, 4) is 11.5 Å². The quantitative estimate of drug-likeness (QED) is 0.336. The van der Waals surface area contributed by atoms with Gasteiger partial charge in [-0.25, -0.2) is 0 Å². The lowest BCUT2D eigenvalue weighted by Crippen LogP contribution is -2.38. The zero-order valence-electron chi connectivity index (χ0n) is 20.3. The summed E-state index contributed by atoms with van der Waals surface area (Å²) in [6.07, 6.45) is 1.62. The summed E-state index contributed by atoms with van der Waals surface area (Å²) in [5.41, 5.74) is 4.69. The van der Waals surface area contributed by atoms with Gasteiger partial charge in [-0.1, -0.05) is 83.5 Å². The minimum absolute atomic E-state index is 0.0592. The van der Waals surface area contributed by atoms with E-state index in [2.05, 4.69) is 11.1 Å². The highest BCUT2D eigenvalue weighted by atomic mass is 35.5. The molecule has 5 rings (SSSR count). The molecule has 1 amide bonds. The Labute approximate surface area is 224 Å². The van der Waals surface area contributed by atoms with E-state index in [0.29, 0.717) is 40.5 Å². The number of amidine groups is 2. The van der Waals surface area contributed by atoms with Gasteiger partial charge >= 0.3 is 0 Å². The fourth-order valence-electron chi connectivity index (χ4n) is 4.11. The first-order chi connectivity index (χ1) is 17.9. The van der Waals surface area contributed by atoms with Gasteiger partial charge in [0.1, 0.15) is 12.4 Å². The van der Waals surface area contributed by atoms with Crippen molar-refractivity contribution in [3.63, 3.8) is 0 Å². The van der Waals surface area contributed by atoms with Gasteiger partial charge in [0, 0.05) is 5.41 Å². The third kappa shape index (κ3) is 5.19. The first kappa shape index (κ1) is 24.9. The smallest absolute Gasteiger partial charge is 0.283 e. The van der Waals surface area contributed by atoms with Gasteiger partial charge in [-0.15, -0.1) is 0 Å². The number of aliphatic imine (C=N–C) groups is 1. The number of halogens is 1. The van der Waals surface area contributed by atoms with E-state index in [1.54, 1.807) is 23.1 Å². The van der Waals surface area contributed by atoms with Gasteiger partial charge in [0.05, 0.1) is 22.9 Å². The standard InChI is InChI=1S/C29H24ClN3O3S/c1-3-35-25-15-20(14-23(30)26(25)36-16-19-9-7-8-18(2)12-19)13-22-27(31)33-24(21-10-5-4-6-11-21)17-37-29(33)32-28(22)34/h4-15,17,31H,3,16H2,1-2H3/b22-13-,31-27?. The molecule has 0 unspecified atom stereocenters. The van der Waals surface area contributed by atoms with Crippen molar-refractivity contribution < 1.29 is 14.3 Å². The number of carbonyl (C=O) groups is 1. The second kappa shape index (κ2) is 10.7. The molecule has 0 bridgehead atoms. The number of amides is 1. The molecule has 6 nitrogen and oxygen atoms in total. The van der Waals surface area contributed by atoms with Gasteiger partial charge in [0.2, 0.25) is 0 Å². The molecule has 0 aliphatic carbocycles. The molecule has 0 fully saturated rings. The Bertz CT molecular complexity index is 1480. The molecule has 1 N–H and O–H groups in total. The van der Waals surface area contributed by atoms with Crippen molar-refractivity contribution >= 4 is 52.0 Å². The predicted molar refractivity (Wildman–Crippen MR) is 150 cm³/mol. The van der Waals surface area contributed by atoms with Gasteiger partial charge in [-0.05, 0) is 48.7 Å². The average Bonchev–Trinajstić information content (AvgIpc) is 3.31. The molecule has 8 heteroatoms. The highest BCUT2D eigenvalue weighted by Crippen LogP contribution is 2.40. The van der Waals surface area contributed by atoms with E-state index in [0.717, 1.165) is 22.4 Å². The molecule has 186 valence electrons. The number of carbonyl (C=O) groups excluding carboxylic acids is 1. The number of hydrogen-bond acceptors (Lipinski definition) is 5. The van der Waals surface area contributed by atoms with E-state index in [-0.39, 0.29) is 11.4 Å². The maximum absolute atomic E-state index is 12.9. The lowest BCUT2D eigenvalue weighted by molar-refractivity contribution is -0.114. The van der Waals surface area contributed by atoms with Crippen LogP contribution in [0, 0.1) is 12.3 Å². The second-order valence-corrected chi connectivity index (χ2v) is 9.71. The summed E-state index contributed by atoms with van der Waals surface area (Å²) < 4.78 is 11.9. The van der Waals surface area contributed by atoms with Crippen molar-refractivity contribution in [2.24, 2.45) is 4.99 Å². The van der Waals surface area contributed by atoms with Gasteiger partial charge < -0.3 is 9.47 Å². The molecule has 3 aromatic carbocycles. The molecule has 2 aliphatic rings. The van der Waals surface area contributed by atoms with Crippen LogP contribution in [0.4, 0.5) is 0 Å². The Balaban J connectivity index is 1.45. The Morgan fingerprint density at radius 2 is 1.89 bits per heavy atom. The van der Waals surface area contributed by atoms with E-state index in [1.807, 2.05) is 67.8 Å². The Morgan fingerprint density at radius 1 is 1.08 bits per heavy atom. The Kier molecular flexibility index (Phi) is 7.17. The minimum Gasteiger partial charge on any atom is -0.490 e. The predicted octanol–water partition coefficient (Wildman–Crippen LogP) is 6.93. The van der Waals surface area contributed by atoms with Crippen LogP contribution >= 0.6 is 23.4 Å². The monoisotopic (exact) mass is 529 g/mol. The summed E-state index contributed by atoms with van der Waals surface area (Å²) in [6.45, 7) is 4.66. The number of nitrogens with zero attached hydrogens (tertiary/aromatic N) is 2. The van der Waals surface area contributed by atoms with Crippen LogP contribution in [0.5, 0.6) is 11.5 Å². The molecule has 37 heavy (non-hydrogen) atoms. The normalized spacial score (nSPS) is 16.0. The van der Waals surface area contributed by atoms with Crippen molar-refractivity contribution in [1.29, 1.82) is 5.41 Å². The number of fused-ring (bicyclic) bond motifs is 1. The summed E-state index contributed by atoms with van der Waals surface area (Å²) >= 11 is 7.96. The number of aryl methyl sites for hydroxylation is 1. The molecule has 0 saturated carbocycles. The van der Waals surface area contributed by atoms with Crippen LogP contribution < -0.4 is 9.47 Å². The lowest BCUT2D eigenvalue weighted by atomic mass is 10.1. The molecule has 2 heterocycles. The highest BCUT2D eigenvalue weighted by Gasteiger charge is 2.36. The van der Waals surface area contributed by atoms with Crippen molar-refractivity contribution in [1.82, 2.24) is 4.90 Å².